The molecule has 1 amide bonds. The number of ether oxygens (including phenoxy) is 1. The highest BCUT2D eigenvalue weighted by atomic mass is 16.5. The van der Waals surface area contributed by atoms with Crippen molar-refractivity contribution in [3.05, 3.63) is 97.2 Å². The Bertz CT molecular complexity index is 1340. The fourth-order valence-electron chi connectivity index (χ4n) is 8.24. The molecule has 0 aliphatic rings. The second-order valence-corrected chi connectivity index (χ2v) is 19.1. The average molecular weight is 947 g/mol. The van der Waals surface area contributed by atoms with Gasteiger partial charge in [-0.3, -0.25) is 9.59 Å². The van der Waals surface area contributed by atoms with Crippen LogP contribution in [0.25, 0.3) is 0 Å². The molecule has 0 heterocycles. The van der Waals surface area contributed by atoms with Gasteiger partial charge >= 0.3 is 5.97 Å². The van der Waals surface area contributed by atoms with E-state index in [2.05, 4.69) is 99.0 Å². The lowest BCUT2D eigenvalue weighted by Gasteiger charge is -2.24. The van der Waals surface area contributed by atoms with Gasteiger partial charge in [-0.25, -0.2) is 0 Å². The summed E-state index contributed by atoms with van der Waals surface area (Å²) in [4.78, 5) is 26.3. The molecule has 6 heteroatoms. The van der Waals surface area contributed by atoms with Crippen LogP contribution in [0.4, 0.5) is 0 Å². The maximum absolute atomic E-state index is 13.3. The van der Waals surface area contributed by atoms with Gasteiger partial charge in [0.15, 0.2) is 0 Å². The molecule has 3 atom stereocenters. The Morgan fingerprint density at radius 1 is 0.456 bits per heavy atom. The zero-order chi connectivity index (χ0) is 49.5. The number of esters is 1. The molecule has 0 aliphatic heterocycles. The van der Waals surface area contributed by atoms with Crippen LogP contribution in [-0.4, -0.2) is 46.9 Å². The first-order chi connectivity index (χ1) is 33.5. The van der Waals surface area contributed by atoms with Crippen molar-refractivity contribution in [3.8, 4) is 0 Å². The summed E-state index contributed by atoms with van der Waals surface area (Å²) < 4.78 is 5.94. The first-order valence-corrected chi connectivity index (χ1v) is 28.5. The molecule has 0 radical (unpaired) electrons. The van der Waals surface area contributed by atoms with E-state index in [1.165, 1.54) is 96.3 Å². The molecule has 0 aromatic carbocycles. The van der Waals surface area contributed by atoms with Crippen molar-refractivity contribution in [2.75, 3.05) is 6.61 Å². The molecule has 3 N–H and O–H groups in total. The van der Waals surface area contributed by atoms with Gasteiger partial charge < -0.3 is 20.3 Å². The summed E-state index contributed by atoms with van der Waals surface area (Å²) in [6.45, 7) is 6.29. The van der Waals surface area contributed by atoms with Crippen LogP contribution in [0.1, 0.15) is 258 Å². The largest absolute Gasteiger partial charge is 0.462 e. The van der Waals surface area contributed by atoms with E-state index in [1.54, 1.807) is 0 Å². The molecule has 0 aromatic heterocycles. The normalized spacial score (nSPS) is 13.9. The molecule has 0 aliphatic carbocycles. The Morgan fingerprint density at radius 2 is 0.882 bits per heavy atom. The summed E-state index contributed by atoms with van der Waals surface area (Å²) in [6.07, 6.45) is 73.2. The molecule has 0 aromatic rings. The van der Waals surface area contributed by atoms with E-state index in [0.29, 0.717) is 19.3 Å². The molecule has 0 bridgehead atoms. The van der Waals surface area contributed by atoms with E-state index >= 15 is 0 Å². The molecular weight excluding hydrogens is 839 g/mol. The molecule has 0 spiro atoms. The van der Waals surface area contributed by atoms with Crippen molar-refractivity contribution >= 4 is 11.9 Å². The molecular formula is C62H107NO5. The van der Waals surface area contributed by atoms with E-state index < -0.39 is 18.2 Å². The van der Waals surface area contributed by atoms with E-state index in [4.69, 9.17) is 4.74 Å². The van der Waals surface area contributed by atoms with Gasteiger partial charge in [-0.2, -0.15) is 0 Å². The lowest BCUT2D eigenvalue weighted by atomic mass is 10.0. The number of rotatable bonds is 50. The van der Waals surface area contributed by atoms with Gasteiger partial charge in [-0.15, -0.1) is 0 Å². The van der Waals surface area contributed by atoms with Crippen LogP contribution >= 0.6 is 0 Å². The summed E-state index contributed by atoms with van der Waals surface area (Å²) in [5, 5.41) is 23.9. The third-order valence-corrected chi connectivity index (χ3v) is 12.5. The van der Waals surface area contributed by atoms with Gasteiger partial charge in [0.25, 0.3) is 0 Å². The van der Waals surface area contributed by atoms with Crippen LogP contribution in [0.2, 0.25) is 0 Å². The number of carbonyl (C=O) groups is 2. The SMILES string of the molecule is CC/C=C/C/C=C/C/C=C/CCCCCCC(CC(=O)NC(CO)C(O)CCCCCCCCCCCCCCCCCCC)OC(=O)CCCCCCC/C=C/C=C/C=C/C=C/C=C/CCC. The Balaban J connectivity index is 4.62. The summed E-state index contributed by atoms with van der Waals surface area (Å²) in [5.41, 5.74) is 0. The smallest absolute Gasteiger partial charge is 0.306 e. The van der Waals surface area contributed by atoms with Crippen LogP contribution in [0.5, 0.6) is 0 Å². The third kappa shape index (κ3) is 49.2. The van der Waals surface area contributed by atoms with Crippen LogP contribution in [-0.2, 0) is 14.3 Å². The number of aliphatic hydroxyl groups is 2. The molecule has 3 unspecified atom stereocenters. The minimum Gasteiger partial charge on any atom is -0.462 e. The summed E-state index contributed by atoms with van der Waals surface area (Å²) in [7, 11) is 0. The monoisotopic (exact) mass is 946 g/mol. The Hall–Kier alpha value is -3.22. The first-order valence-electron chi connectivity index (χ1n) is 28.5. The summed E-state index contributed by atoms with van der Waals surface area (Å²) >= 11 is 0. The van der Waals surface area contributed by atoms with Crippen LogP contribution in [0.15, 0.2) is 97.2 Å². The minimum absolute atomic E-state index is 0.0470. The van der Waals surface area contributed by atoms with Crippen molar-refractivity contribution in [2.45, 2.75) is 277 Å². The van der Waals surface area contributed by atoms with Gasteiger partial charge in [0.2, 0.25) is 5.91 Å². The quantitative estimate of drug-likeness (QED) is 0.0244. The van der Waals surface area contributed by atoms with Gasteiger partial charge in [0.05, 0.1) is 25.2 Å². The van der Waals surface area contributed by atoms with Gasteiger partial charge in [-0.1, -0.05) is 266 Å². The molecule has 0 saturated heterocycles. The maximum atomic E-state index is 13.3. The highest BCUT2D eigenvalue weighted by Crippen LogP contribution is 2.18. The zero-order valence-electron chi connectivity index (χ0n) is 44.5. The van der Waals surface area contributed by atoms with Gasteiger partial charge in [0.1, 0.15) is 6.10 Å². The highest BCUT2D eigenvalue weighted by Gasteiger charge is 2.24. The van der Waals surface area contributed by atoms with Crippen molar-refractivity contribution in [2.24, 2.45) is 0 Å². The predicted octanol–water partition coefficient (Wildman–Crippen LogP) is 17.7. The summed E-state index contributed by atoms with van der Waals surface area (Å²) in [6, 6.07) is -0.721. The van der Waals surface area contributed by atoms with E-state index in [9.17, 15) is 19.8 Å². The molecule has 6 nitrogen and oxygen atoms in total. The number of hydrogen-bond acceptors (Lipinski definition) is 5. The maximum Gasteiger partial charge on any atom is 0.306 e. The zero-order valence-corrected chi connectivity index (χ0v) is 44.5. The fraction of sp³-hybridized carbons (Fsp3) is 0.710. The Kier molecular flexibility index (Phi) is 52.1. The number of allylic oxidation sites excluding steroid dienone is 16. The highest BCUT2D eigenvalue weighted by molar-refractivity contribution is 5.77. The number of amides is 1. The molecule has 0 fully saturated rings. The van der Waals surface area contributed by atoms with E-state index in [1.807, 2.05) is 24.3 Å². The number of carbonyl (C=O) groups excluding carboxylic acids is 2. The van der Waals surface area contributed by atoms with Crippen molar-refractivity contribution in [1.82, 2.24) is 5.32 Å². The van der Waals surface area contributed by atoms with Crippen molar-refractivity contribution < 1.29 is 24.5 Å². The van der Waals surface area contributed by atoms with E-state index in [0.717, 1.165) is 116 Å². The Labute approximate surface area is 420 Å². The number of aliphatic hydroxyl groups excluding tert-OH is 2. The van der Waals surface area contributed by atoms with Crippen molar-refractivity contribution in [1.29, 1.82) is 0 Å². The number of nitrogens with one attached hydrogen (secondary N) is 1. The lowest BCUT2D eigenvalue weighted by Crippen LogP contribution is -2.46. The summed E-state index contributed by atoms with van der Waals surface area (Å²) in [5.74, 6) is -0.527. The van der Waals surface area contributed by atoms with Gasteiger partial charge in [-0.05, 0) is 77.0 Å². The van der Waals surface area contributed by atoms with Crippen molar-refractivity contribution in [3.63, 3.8) is 0 Å². The molecule has 68 heavy (non-hydrogen) atoms. The third-order valence-electron chi connectivity index (χ3n) is 12.5. The van der Waals surface area contributed by atoms with Gasteiger partial charge in [0, 0.05) is 6.42 Å². The first kappa shape index (κ1) is 64.8. The second-order valence-electron chi connectivity index (χ2n) is 19.1. The minimum atomic E-state index is -0.805. The lowest BCUT2D eigenvalue weighted by molar-refractivity contribution is -0.151. The topological polar surface area (TPSA) is 95.9 Å². The van der Waals surface area contributed by atoms with Crippen LogP contribution < -0.4 is 5.32 Å². The number of hydrogen-bond donors (Lipinski definition) is 3. The predicted molar refractivity (Wildman–Crippen MR) is 296 cm³/mol. The molecule has 0 rings (SSSR count). The number of unbranched alkanes of at least 4 members (excludes halogenated alkanes) is 26. The second kappa shape index (κ2) is 54.7. The van der Waals surface area contributed by atoms with Crippen LogP contribution in [0.3, 0.4) is 0 Å². The fourth-order valence-corrected chi connectivity index (χ4v) is 8.24. The van der Waals surface area contributed by atoms with Crippen LogP contribution in [0, 0.1) is 0 Å². The molecule has 390 valence electrons. The molecule has 0 saturated carbocycles. The van der Waals surface area contributed by atoms with E-state index in [-0.39, 0.29) is 24.9 Å². The average Bonchev–Trinajstić information content (AvgIpc) is 3.33. The standard InChI is InChI=1S/C62H107NO5/c1-4-7-10-13-16-19-22-25-28-30-32-34-37-40-43-46-49-52-55-62(67)68-58(53-50-47-44-41-38-35-27-24-21-18-15-12-9-6-3)56-61(66)63-59(57-64)60(65)54-51-48-45-42-39-36-33-31-29-26-23-20-17-14-11-8-5-2/h9-10,12-13,16,18-19,21-22,25,27-28,30,32,34-35,58-60,64-65H,4-8,11,14-15,17,20,23-24,26,29,31,33,36-57H2,1-3H3,(H,63,66)/b12-9+,13-10+,19-16+,21-18+,25-22+,30-28+,34-32+,35-27+. The Morgan fingerprint density at radius 3 is 1.40 bits per heavy atom.